The van der Waals surface area contributed by atoms with Gasteiger partial charge in [0.25, 0.3) is 0 Å². The lowest BCUT2D eigenvalue weighted by molar-refractivity contribution is -0.297. The van der Waals surface area contributed by atoms with Gasteiger partial charge in [-0.2, -0.15) is 0 Å². The summed E-state index contributed by atoms with van der Waals surface area (Å²) in [7, 11) is 4.98. The van der Waals surface area contributed by atoms with Gasteiger partial charge in [-0.05, 0) is 31.7 Å². The smallest absolute Gasteiger partial charge is 0.110 e. The van der Waals surface area contributed by atoms with Crippen molar-refractivity contribution in [3.63, 3.8) is 0 Å². The van der Waals surface area contributed by atoms with E-state index in [1.54, 1.807) is 21.3 Å². The zero-order chi connectivity index (χ0) is 22.8. The first-order valence-corrected chi connectivity index (χ1v) is 12.3. The number of methoxy groups -OCH3 is 3. The topological polar surface area (TPSA) is 112 Å². The van der Waals surface area contributed by atoms with E-state index < -0.39 is 47.3 Å². The van der Waals surface area contributed by atoms with Gasteiger partial charge in [-0.3, -0.25) is 4.90 Å². The Hall–Kier alpha value is -0.320. The van der Waals surface area contributed by atoms with E-state index in [1.807, 2.05) is 0 Å². The molecule has 1 aliphatic heterocycles. The van der Waals surface area contributed by atoms with Crippen LogP contribution in [0.3, 0.4) is 0 Å². The van der Waals surface area contributed by atoms with Crippen LogP contribution < -0.4 is 0 Å². The third kappa shape index (κ3) is 2.07. The standard InChI is InChI=1S/C24H39NO7/c1-5-25-9-22(10-30-2)7-6-13(26)23-12-8-11-16(27)14(12)24(29,21(28)17(11)31-3)15(20(23)25)18(32-4)19(22)23/h11-21,26-29H,5-10H2,1-4H3/t11-,12+,13-,14+,15?,16-,17+,18-,19+,20+,21-,22-,23-,24+/m0/s1. The minimum Gasteiger partial charge on any atom is -0.392 e. The molecule has 6 aliphatic rings. The second-order valence-corrected chi connectivity index (χ2v) is 11.6. The van der Waals surface area contributed by atoms with Crippen molar-refractivity contribution in [2.45, 2.75) is 68.3 Å². The molecule has 0 amide bonds. The van der Waals surface area contributed by atoms with Crippen LogP contribution in [0.25, 0.3) is 0 Å². The van der Waals surface area contributed by atoms with Crippen LogP contribution >= 0.6 is 0 Å². The molecule has 5 aliphatic carbocycles. The number of likely N-dealkylation sites (tertiary alicyclic amines) is 1. The van der Waals surface area contributed by atoms with E-state index in [0.717, 1.165) is 19.5 Å². The molecule has 0 radical (unpaired) electrons. The van der Waals surface area contributed by atoms with Crippen LogP contribution in [0.1, 0.15) is 26.2 Å². The van der Waals surface area contributed by atoms with Crippen LogP contribution in [0.4, 0.5) is 0 Å². The maximum Gasteiger partial charge on any atom is 0.110 e. The molecule has 4 N–H and O–H groups in total. The van der Waals surface area contributed by atoms with Gasteiger partial charge in [0.2, 0.25) is 0 Å². The number of rotatable bonds is 5. The molecule has 0 aromatic carbocycles. The van der Waals surface area contributed by atoms with Gasteiger partial charge in [-0.1, -0.05) is 6.92 Å². The quantitative estimate of drug-likeness (QED) is 0.440. The van der Waals surface area contributed by atoms with Gasteiger partial charge < -0.3 is 34.6 Å². The van der Waals surface area contributed by atoms with E-state index in [-0.39, 0.29) is 35.3 Å². The number of fused-ring (bicyclic) bond motifs is 2. The highest BCUT2D eigenvalue weighted by Gasteiger charge is 2.87. The maximum absolute atomic E-state index is 12.5. The summed E-state index contributed by atoms with van der Waals surface area (Å²) >= 11 is 0. The van der Waals surface area contributed by atoms with E-state index in [4.69, 9.17) is 14.2 Å². The lowest BCUT2D eigenvalue weighted by Gasteiger charge is -2.69. The Morgan fingerprint density at radius 2 is 1.75 bits per heavy atom. The summed E-state index contributed by atoms with van der Waals surface area (Å²) in [6, 6.07) is -0.120. The monoisotopic (exact) mass is 453 g/mol. The number of hydrogen-bond acceptors (Lipinski definition) is 8. The second kappa shape index (κ2) is 6.88. The zero-order valence-electron chi connectivity index (χ0n) is 19.6. The third-order valence-electron chi connectivity index (χ3n) is 11.2. The van der Waals surface area contributed by atoms with Crippen molar-refractivity contribution in [2.24, 2.45) is 40.4 Å². The molecular formula is C24H39NO7. The predicted molar refractivity (Wildman–Crippen MR) is 114 cm³/mol. The SMILES string of the molecule is CCN1C[C@]2(COC)CC[C@H](O)[C@@]34[C@@H]5C[C@H]6[C@H](O)[C@@H]5[C@@](O)(C([C@H](OC)[C@H]23)[C@@H]14)[C@@H](O)[C@@H]6OC. The van der Waals surface area contributed by atoms with Crippen LogP contribution in [0, 0.1) is 40.4 Å². The number of hydrogen-bond donors (Lipinski definition) is 4. The highest BCUT2D eigenvalue weighted by Crippen LogP contribution is 2.79. The molecule has 6 fully saturated rings. The molecule has 7 bridgehead atoms. The van der Waals surface area contributed by atoms with Crippen molar-refractivity contribution in [1.29, 1.82) is 0 Å². The molecule has 1 saturated heterocycles. The Balaban J connectivity index is 1.64. The van der Waals surface area contributed by atoms with Crippen molar-refractivity contribution in [3.05, 3.63) is 0 Å². The Bertz CT molecular complexity index is 783. The molecule has 1 spiro atoms. The van der Waals surface area contributed by atoms with E-state index >= 15 is 0 Å². The minimum atomic E-state index is -1.54. The molecule has 8 heteroatoms. The molecule has 0 aromatic rings. The average Bonchev–Trinajstić information content (AvgIpc) is 3.19. The largest absolute Gasteiger partial charge is 0.392 e. The Labute approximate surface area is 189 Å². The van der Waals surface area contributed by atoms with E-state index in [2.05, 4.69) is 11.8 Å². The first-order chi connectivity index (χ1) is 15.3. The lowest BCUT2D eigenvalue weighted by atomic mass is 9.43. The summed E-state index contributed by atoms with van der Waals surface area (Å²) in [6.07, 6.45) is -1.22. The average molecular weight is 454 g/mol. The fourth-order valence-corrected chi connectivity index (χ4v) is 10.7. The van der Waals surface area contributed by atoms with E-state index in [0.29, 0.717) is 19.4 Å². The van der Waals surface area contributed by atoms with Crippen molar-refractivity contribution >= 4 is 0 Å². The summed E-state index contributed by atoms with van der Waals surface area (Å²) in [5.41, 5.74) is -2.24. The normalized spacial score (nSPS) is 62.4. The number of piperidine rings is 1. The highest BCUT2D eigenvalue weighted by atomic mass is 16.5. The molecule has 1 unspecified atom stereocenters. The van der Waals surface area contributed by atoms with Gasteiger partial charge in [-0.25, -0.2) is 0 Å². The molecule has 1 heterocycles. The molecule has 6 rings (SSSR count). The van der Waals surface area contributed by atoms with Gasteiger partial charge in [-0.15, -0.1) is 0 Å². The van der Waals surface area contributed by atoms with Gasteiger partial charge in [0, 0.05) is 68.4 Å². The molecule has 5 saturated carbocycles. The Morgan fingerprint density at radius 3 is 2.38 bits per heavy atom. The molecule has 8 nitrogen and oxygen atoms in total. The van der Waals surface area contributed by atoms with Crippen molar-refractivity contribution in [1.82, 2.24) is 4.90 Å². The first-order valence-electron chi connectivity index (χ1n) is 12.3. The second-order valence-electron chi connectivity index (χ2n) is 11.6. The summed E-state index contributed by atoms with van der Waals surface area (Å²) in [5, 5.41) is 47.3. The van der Waals surface area contributed by atoms with Gasteiger partial charge in [0.15, 0.2) is 0 Å². The summed E-state index contributed by atoms with van der Waals surface area (Å²) in [4.78, 5) is 2.42. The molecule has 32 heavy (non-hydrogen) atoms. The van der Waals surface area contributed by atoms with Gasteiger partial charge >= 0.3 is 0 Å². The maximum atomic E-state index is 12.5. The predicted octanol–water partition coefficient (Wildman–Crippen LogP) is -0.527. The highest BCUT2D eigenvalue weighted by molar-refractivity contribution is 5.36. The summed E-state index contributed by atoms with van der Waals surface area (Å²) < 4.78 is 17.7. The molecule has 182 valence electrons. The number of ether oxygens (including phenoxy) is 3. The van der Waals surface area contributed by atoms with Gasteiger partial charge in [0.1, 0.15) is 11.7 Å². The first kappa shape index (κ1) is 22.2. The summed E-state index contributed by atoms with van der Waals surface area (Å²) in [5.74, 6) is -1.29. The molecule has 0 aromatic heterocycles. The van der Waals surface area contributed by atoms with Crippen LogP contribution in [0.5, 0.6) is 0 Å². The van der Waals surface area contributed by atoms with Gasteiger partial charge in [0.05, 0.1) is 31.0 Å². The summed E-state index contributed by atoms with van der Waals surface area (Å²) in [6.45, 7) is 4.33. The van der Waals surface area contributed by atoms with E-state index in [1.165, 1.54) is 0 Å². The lowest BCUT2D eigenvalue weighted by Crippen LogP contribution is -2.78. The molecule has 14 atom stereocenters. The zero-order valence-corrected chi connectivity index (χ0v) is 19.6. The Kier molecular flexibility index (Phi) is 4.76. The molecular weight excluding hydrogens is 414 g/mol. The number of aliphatic hydroxyl groups is 4. The van der Waals surface area contributed by atoms with Crippen molar-refractivity contribution < 1.29 is 34.6 Å². The van der Waals surface area contributed by atoms with Crippen LogP contribution in [0.15, 0.2) is 0 Å². The fraction of sp³-hybridized carbons (Fsp3) is 1.00. The van der Waals surface area contributed by atoms with Crippen LogP contribution in [-0.2, 0) is 14.2 Å². The van der Waals surface area contributed by atoms with Crippen molar-refractivity contribution in [3.8, 4) is 0 Å². The van der Waals surface area contributed by atoms with Crippen molar-refractivity contribution in [2.75, 3.05) is 41.0 Å². The number of aliphatic hydroxyl groups excluding tert-OH is 3. The fourth-order valence-electron chi connectivity index (χ4n) is 10.7. The number of nitrogens with zero attached hydrogens (tertiary/aromatic N) is 1. The minimum absolute atomic E-state index is 0.000250. The van der Waals surface area contributed by atoms with Crippen LogP contribution in [-0.4, -0.2) is 109 Å². The Morgan fingerprint density at radius 1 is 1.03 bits per heavy atom. The van der Waals surface area contributed by atoms with E-state index in [9.17, 15) is 20.4 Å². The third-order valence-corrected chi connectivity index (χ3v) is 11.2. The van der Waals surface area contributed by atoms with Crippen LogP contribution in [0.2, 0.25) is 0 Å².